The first kappa shape index (κ1) is 18.5. The molecule has 4 nitrogen and oxygen atoms in total. The fraction of sp³-hybridized carbons (Fsp3) is 0.333. The van der Waals surface area contributed by atoms with Gasteiger partial charge in [0.2, 0.25) is 0 Å². The summed E-state index contributed by atoms with van der Waals surface area (Å²) in [4.78, 5) is 19.3. The predicted molar refractivity (Wildman–Crippen MR) is 95.4 cm³/mol. The molecule has 0 bridgehead atoms. The smallest absolute Gasteiger partial charge is 0.290 e. The third-order valence-electron chi connectivity index (χ3n) is 4.50. The van der Waals surface area contributed by atoms with Crippen LogP contribution in [0.25, 0.3) is 22.3 Å². The standard InChI is InChI=1S/C18H17ClF3N3O/c1-3-12(4-2)25-15-14(13(19)9-23-16(15)24-17(25)26)10-5-7-11(8-6-10)18(20,21)22/h5-9,12H,3-4H2,1-2H3,(H,23,24,26). The number of alkyl halides is 3. The van der Waals surface area contributed by atoms with E-state index in [1.165, 1.54) is 18.3 Å². The number of pyridine rings is 1. The average molecular weight is 384 g/mol. The van der Waals surface area contributed by atoms with Crippen LogP contribution in [0.3, 0.4) is 0 Å². The Hall–Kier alpha value is -2.28. The number of imidazole rings is 1. The summed E-state index contributed by atoms with van der Waals surface area (Å²) in [5, 5.41) is 0.274. The molecule has 0 atom stereocenters. The number of halogens is 4. The van der Waals surface area contributed by atoms with Gasteiger partial charge in [-0.3, -0.25) is 9.55 Å². The van der Waals surface area contributed by atoms with Gasteiger partial charge in [0, 0.05) is 17.8 Å². The predicted octanol–water partition coefficient (Wildman–Crippen LogP) is 5.42. The lowest BCUT2D eigenvalue weighted by atomic mass is 10.0. The van der Waals surface area contributed by atoms with Crippen LogP contribution in [0, 0.1) is 0 Å². The number of H-pyrrole nitrogens is 1. The summed E-state index contributed by atoms with van der Waals surface area (Å²) in [6, 6.07) is 4.66. The first-order valence-electron chi connectivity index (χ1n) is 8.24. The minimum Gasteiger partial charge on any atom is -0.290 e. The zero-order valence-electron chi connectivity index (χ0n) is 14.2. The van der Waals surface area contributed by atoms with E-state index in [0.717, 1.165) is 25.0 Å². The number of aromatic nitrogens is 3. The van der Waals surface area contributed by atoms with Crippen LogP contribution < -0.4 is 5.69 Å². The molecular weight excluding hydrogens is 367 g/mol. The van der Waals surface area contributed by atoms with Gasteiger partial charge < -0.3 is 0 Å². The summed E-state index contributed by atoms with van der Waals surface area (Å²) in [5.74, 6) is 0. The lowest BCUT2D eigenvalue weighted by molar-refractivity contribution is -0.137. The number of benzene rings is 1. The Balaban J connectivity index is 2.29. The van der Waals surface area contributed by atoms with E-state index < -0.39 is 11.7 Å². The number of aromatic amines is 1. The summed E-state index contributed by atoms with van der Waals surface area (Å²) in [6.07, 6.45) is -1.57. The minimum absolute atomic E-state index is 0.0651. The zero-order valence-corrected chi connectivity index (χ0v) is 14.9. The van der Waals surface area contributed by atoms with Gasteiger partial charge in [0.1, 0.15) is 0 Å². The SMILES string of the molecule is CCC(CC)n1c(=O)[nH]c2ncc(Cl)c(-c3ccc(C(F)(F)F)cc3)c21. The molecule has 2 heterocycles. The molecule has 0 aliphatic carbocycles. The van der Waals surface area contributed by atoms with Crippen molar-refractivity contribution in [1.29, 1.82) is 0 Å². The van der Waals surface area contributed by atoms with E-state index in [9.17, 15) is 18.0 Å². The lowest BCUT2D eigenvalue weighted by Crippen LogP contribution is -2.21. The highest BCUT2D eigenvalue weighted by atomic mass is 35.5. The van der Waals surface area contributed by atoms with E-state index >= 15 is 0 Å². The second kappa shape index (κ2) is 6.79. The molecule has 3 aromatic rings. The largest absolute Gasteiger partial charge is 0.416 e. The van der Waals surface area contributed by atoms with Crippen molar-refractivity contribution in [3.63, 3.8) is 0 Å². The van der Waals surface area contributed by atoms with Crippen molar-refractivity contribution in [3.05, 3.63) is 51.5 Å². The molecular formula is C18H17ClF3N3O. The van der Waals surface area contributed by atoms with E-state index in [1.807, 2.05) is 13.8 Å². The average Bonchev–Trinajstić information content (AvgIpc) is 2.92. The fourth-order valence-corrected chi connectivity index (χ4v) is 3.42. The molecule has 0 radical (unpaired) electrons. The maximum absolute atomic E-state index is 12.8. The molecule has 1 aromatic carbocycles. The lowest BCUT2D eigenvalue weighted by Gasteiger charge is -2.17. The van der Waals surface area contributed by atoms with Crippen molar-refractivity contribution in [2.75, 3.05) is 0 Å². The summed E-state index contributed by atoms with van der Waals surface area (Å²) >= 11 is 6.33. The molecule has 0 amide bonds. The first-order valence-corrected chi connectivity index (χ1v) is 8.62. The number of hydrogen-bond acceptors (Lipinski definition) is 2. The van der Waals surface area contributed by atoms with Crippen LogP contribution in [0.5, 0.6) is 0 Å². The highest BCUT2D eigenvalue weighted by molar-refractivity contribution is 6.34. The van der Waals surface area contributed by atoms with Gasteiger partial charge in [0.15, 0.2) is 5.65 Å². The zero-order chi connectivity index (χ0) is 19.1. The van der Waals surface area contributed by atoms with Crippen LogP contribution in [-0.4, -0.2) is 14.5 Å². The summed E-state index contributed by atoms with van der Waals surface area (Å²) in [5.41, 5.74) is 0.813. The molecule has 0 saturated carbocycles. The van der Waals surface area contributed by atoms with Crippen LogP contribution >= 0.6 is 11.6 Å². The molecule has 0 aliphatic rings. The van der Waals surface area contributed by atoms with Crippen molar-refractivity contribution in [1.82, 2.24) is 14.5 Å². The van der Waals surface area contributed by atoms with E-state index in [0.29, 0.717) is 22.3 Å². The Morgan fingerprint density at radius 3 is 2.35 bits per heavy atom. The Labute approximate surface area is 152 Å². The maximum Gasteiger partial charge on any atom is 0.416 e. The molecule has 0 spiro atoms. The molecule has 0 fully saturated rings. The van der Waals surface area contributed by atoms with E-state index in [-0.39, 0.29) is 16.8 Å². The second-order valence-corrected chi connectivity index (χ2v) is 6.43. The second-order valence-electron chi connectivity index (χ2n) is 6.02. The van der Waals surface area contributed by atoms with Gasteiger partial charge in [-0.05, 0) is 30.5 Å². The van der Waals surface area contributed by atoms with Gasteiger partial charge in [0.05, 0.1) is 16.1 Å². The molecule has 0 unspecified atom stereocenters. The topological polar surface area (TPSA) is 50.7 Å². The molecule has 3 rings (SSSR count). The monoisotopic (exact) mass is 383 g/mol. The normalized spacial score (nSPS) is 12.3. The Bertz CT molecular complexity index is 986. The number of hydrogen-bond donors (Lipinski definition) is 1. The van der Waals surface area contributed by atoms with Gasteiger partial charge in [-0.2, -0.15) is 13.2 Å². The third kappa shape index (κ3) is 3.11. The first-order chi connectivity index (χ1) is 12.3. The van der Waals surface area contributed by atoms with Crippen LogP contribution in [-0.2, 0) is 6.18 Å². The Morgan fingerprint density at radius 1 is 1.19 bits per heavy atom. The van der Waals surface area contributed by atoms with Gasteiger partial charge in [0.25, 0.3) is 0 Å². The molecule has 2 aromatic heterocycles. The van der Waals surface area contributed by atoms with Crippen molar-refractivity contribution in [2.45, 2.75) is 38.9 Å². The fourth-order valence-electron chi connectivity index (χ4n) is 3.17. The van der Waals surface area contributed by atoms with Crippen molar-refractivity contribution >= 4 is 22.8 Å². The Morgan fingerprint density at radius 2 is 1.81 bits per heavy atom. The van der Waals surface area contributed by atoms with Crippen LogP contribution in [0.2, 0.25) is 5.02 Å². The van der Waals surface area contributed by atoms with Gasteiger partial charge in [-0.1, -0.05) is 37.6 Å². The van der Waals surface area contributed by atoms with Gasteiger partial charge >= 0.3 is 11.9 Å². The maximum atomic E-state index is 12.8. The number of nitrogens with zero attached hydrogens (tertiary/aromatic N) is 2. The molecule has 0 saturated heterocycles. The molecule has 26 heavy (non-hydrogen) atoms. The Kier molecular flexibility index (Phi) is 4.84. The summed E-state index contributed by atoms with van der Waals surface area (Å²) in [6.45, 7) is 3.93. The van der Waals surface area contributed by atoms with Crippen LogP contribution in [0.4, 0.5) is 13.2 Å². The van der Waals surface area contributed by atoms with Crippen LogP contribution in [0.15, 0.2) is 35.3 Å². The van der Waals surface area contributed by atoms with Crippen LogP contribution in [0.1, 0.15) is 38.3 Å². The highest BCUT2D eigenvalue weighted by Gasteiger charge is 2.30. The van der Waals surface area contributed by atoms with E-state index in [2.05, 4.69) is 9.97 Å². The van der Waals surface area contributed by atoms with E-state index in [4.69, 9.17) is 11.6 Å². The summed E-state index contributed by atoms with van der Waals surface area (Å²) in [7, 11) is 0. The van der Waals surface area contributed by atoms with Crippen molar-refractivity contribution < 1.29 is 13.2 Å². The number of nitrogens with one attached hydrogen (secondary N) is 1. The van der Waals surface area contributed by atoms with Crippen molar-refractivity contribution in [2.24, 2.45) is 0 Å². The molecule has 8 heteroatoms. The van der Waals surface area contributed by atoms with Gasteiger partial charge in [-0.15, -0.1) is 0 Å². The molecule has 1 N–H and O–H groups in total. The van der Waals surface area contributed by atoms with E-state index in [1.54, 1.807) is 4.57 Å². The quantitative estimate of drug-likeness (QED) is 0.653. The van der Waals surface area contributed by atoms with Gasteiger partial charge in [-0.25, -0.2) is 9.78 Å². The van der Waals surface area contributed by atoms with Crippen molar-refractivity contribution in [3.8, 4) is 11.1 Å². The number of fused-ring (bicyclic) bond motifs is 1. The highest BCUT2D eigenvalue weighted by Crippen LogP contribution is 2.37. The summed E-state index contributed by atoms with van der Waals surface area (Å²) < 4.78 is 40.1. The minimum atomic E-state index is -4.42. The molecule has 0 aliphatic heterocycles. The molecule has 138 valence electrons. The number of rotatable bonds is 4. The third-order valence-corrected chi connectivity index (χ3v) is 4.79.